The highest BCUT2D eigenvalue weighted by Gasteiger charge is 2.36. The van der Waals surface area contributed by atoms with Gasteiger partial charge in [0.25, 0.3) is 0 Å². The second kappa shape index (κ2) is 8.37. The van der Waals surface area contributed by atoms with Crippen LogP contribution in [0, 0.1) is 6.92 Å². The van der Waals surface area contributed by atoms with Gasteiger partial charge in [0.15, 0.2) is 0 Å². The van der Waals surface area contributed by atoms with E-state index in [0.717, 1.165) is 33.5 Å². The minimum Gasteiger partial charge on any atom is -0.487 e. The van der Waals surface area contributed by atoms with Gasteiger partial charge < -0.3 is 4.74 Å². The average Bonchev–Trinajstić information content (AvgIpc) is 3.07. The van der Waals surface area contributed by atoms with E-state index in [9.17, 15) is 13.2 Å². The first-order chi connectivity index (χ1) is 16.1. The summed E-state index contributed by atoms with van der Waals surface area (Å²) in [5, 5.41) is 0. The van der Waals surface area contributed by atoms with Crippen molar-refractivity contribution in [2.45, 2.75) is 50.3 Å². The number of aromatic nitrogens is 1. The third-order valence-electron chi connectivity index (χ3n) is 6.06. The molecule has 1 N–H and O–H groups in total. The van der Waals surface area contributed by atoms with Crippen molar-refractivity contribution < 1.29 is 13.2 Å². The quantitative estimate of drug-likeness (QED) is 0.424. The second-order valence-corrected chi connectivity index (χ2v) is 12.1. The first kappa shape index (κ1) is 22.8. The van der Waals surface area contributed by atoms with Gasteiger partial charge in [0.05, 0.1) is 27.7 Å². The van der Waals surface area contributed by atoms with E-state index < -0.39 is 21.7 Å². The highest BCUT2D eigenvalue weighted by Crippen LogP contribution is 2.40. The lowest BCUT2D eigenvalue weighted by atomic mass is 9.90. The first-order valence-corrected chi connectivity index (χ1v) is 13.4. The maximum Gasteiger partial charge on any atom is 0.308 e. The lowest BCUT2D eigenvalue weighted by Crippen LogP contribution is -2.41. The summed E-state index contributed by atoms with van der Waals surface area (Å²) in [7, 11) is -3.83. The van der Waals surface area contributed by atoms with Crippen LogP contribution in [0.15, 0.2) is 76.4 Å². The molecule has 3 aromatic carbocycles. The Bertz CT molecular complexity index is 1540. The Morgan fingerprint density at radius 3 is 2.62 bits per heavy atom. The number of hydrogen-bond acceptors (Lipinski definition) is 5. The summed E-state index contributed by atoms with van der Waals surface area (Å²) in [4.78, 5) is 12.7. The molecule has 0 aliphatic carbocycles. The van der Waals surface area contributed by atoms with Crippen LogP contribution in [-0.4, -0.2) is 18.6 Å². The van der Waals surface area contributed by atoms with Gasteiger partial charge in [0, 0.05) is 12.0 Å². The van der Waals surface area contributed by atoms with Crippen LogP contribution < -0.4 is 14.3 Å². The molecule has 176 valence electrons. The van der Waals surface area contributed by atoms with Crippen LogP contribution in [0.2, 0.25) is 0 Å². The van der Waals surface area contributed by atoms with Crippen LogP contribution >= 0.6 is 11.3 Å². The number of benzene rings is 3. The van der Waals surface area contributed by atoms with E-state index in [4.69, 9.17) is 4.74 Å². The van der Waals surface area contributed by atoms with Gasteiger partial charge in [-0.05, 0) is 56.2 Å². The van der Waals surface area contributed by atoms with E-state index in [1.165, 1.54) is 0 Å². The van der Waals surface area contributed by atoms with Gasteiger partial charge in [-0.1, -0.05) is 53.8 Å². The van der Waals surface area contributed by atoms with E-state index >= 15 is 0 Å². The lowest BCUT2D eigenvalue weighted by Gasteiger charge is -2.38. The molecule has 0 fully saturated rings. The van der Waals surface area contributed by atoms with Gasteiger partial charge in [-0.25, -0.2) is 13.1 Å². The third-order valence-corrected chi connectivity index (χ3v) is 8.47. The second-order valence-electron chi connectivity index (χ2n) is 9.35. The summed E-state index contributed by atoms with van der Waals surface area (Å²) in [6, 6.07) is 20.0. The Hall–Kier alpha value is -2.94. The predicted octanol–water partition coefficient (Wildman–Crippen LogP) is 5.00. The predicted molar refractivity (Wildman–Crippen MR) is 135 cm³/mol. The number of nitrogens with zero attached hydrogens (tertiary/aromatic N) is 1. The molecular formula is C26H26N2O4S2. The van der Waals surface area contributed by atoms with Gasteiger partial charge in [0.1, 0.15) is 11.4 Å². The molecule has 0 bridgehead atoms. The van der Waals surface area contributed by atoms with E-state index in [1.54, 1.807) is 22.8 Å². The van der Waals surface area contributed by atoms with E-state index in [1.807, 2.05) is 69.3 Å². The zero-order valence-corrected chi connectivity index (χ0v) is 20.9. The number of nitrogens with one attached hydrogen (secondary N) is 1. The summed E-state index contributed by atoms with van der Waals surface area (Å²) < 4.78 is 38.1. The van der Waals surface area contributed by atoms with Crippen LogP contribution in [-0.2, 0) is 16.6 Å². The molecule has 0 saturated carbocycles. The summed E-state index contributed by atoms with van der Waals surface area (Å²) >= 11 is 1.06. The zero-order valence-electron chi connectivity index (χ0n) is 19.2. The van der Waals surface area contributed by atoms with Crippen molar-refractivity contribution in [3.63, 3.8) is 0 Å². The lowest BCUT2D eigenvalue weighted by molar-refractivity contribution is 0.0701. The molecule has 1 atom stereocenters. The molecule has 0 radical (unpaired) electrons. The van der Waals surface area contributed by atoms with Crippen molar-refractivity contribution in [1.29, 1.82) is 0 Å². The maximum atomic E-state index is 13.4. The topological polar surface area (TPSA) is 77.4 Å². The molecule has 2 heterocycles. The summed E-state index contributed by atoms with van der Waals surface area (Å²) in [6.07, 6.45) is 0.505. The molecule has 6 nitrogen and oxygen atoms in total. The highest BCUT2D eigenvalue weighted by molar-refractivity contribution is 7.89. The van der Waals surface area contributed by atoms with E-state index in [-0.39, 0.29) is 9.77 Å². The molecule has 0 saturated heterocycles. The number of thiazole rings is 1. The van der Waals surface area contributed by atoms with Gasteiger partial charge in [-0.15, -0.1) is 0 Å². The van der Waals surface area contributed by atoms with Crippen molar-refractivity contribution in [3.8, 4) is 5.75 Å². The number of rotatable bonds is 5. The number of ether oxygens (including phenoxy) is 1. The molecule has 0 unspecified atom stereocenters. The Morgan fingerprint density at radius 1 is 1.09 bits per heavy atom. The summed E-state index contributed by atoms with van der Waals surface area (Å²) in [5.41, 5.74) is 3.11. The molecule has 1 aromatic heterocycles. The molecule has 5 rings (SSSR count). The molecule has 4 aromatic rings. The summed E-state index contributed by atoms with van der Waals surface area (Å²) in [5.74, 6) is 0.704. The Kier molecular flexibility index (Phi) is 5.62. The van der Waals surface area contributed by atoms with Crippen LogP contribution in [0.5, 0.6) is 5.75 Å². The average molecular weight is 495 g/mol. The van der Waals surface area contributed by atoms with Gasteiger partial charge in [-0.3, -0.25) is 9.36 Å². The molecule has 0 spiro atoms. The molecule has 1 aliphatic rings. The fourth-order valence-corrected chi connectivity index (χ4v) is 6.69. The number of sulfonamides is 1. The van der Waals surface area contributed by atoms with Gasteiger partial charge in [-0.2, -0.15) is 0 Å². The summed E-state index contributed by atoms with van der Waals surface area (Å²) in [6.45, 7) is 6.34. The van der Waals surface area contributed by atoms with Gasteiger partial charge >= 0.3 is 4.87 Å². The fourth-order valence-electron chi connectivity index (χ4n) is 4.45. The largest absolute Gasteiger partial charge is 0.487 e. The van der Waals surface area contributed by atoms with Crippen LogP contribution in [0.4, 0.5) is 0 Å². The van der Waals surface area contributed by atoms with Crippen molar-refractivity contribution in [2.24, 2.45) is 0 Å². The van der Waals surface area contributed by atoms with E-state index in [0.29, 0.717) is 23.4 Å². The Morgan fingerprint density at radius 2 is 1.85 bits per heavy atom. The SMILES string of the molecule is Cc1ccc2c(c1)OC(C)(C)C[C@H]2NS(=O)(=O)c1ccc2c(c1)sc(=O)n2Cc1ccccc1. The molecule has 1 aliphatic heterocycles. The number of aryl methyl sites for hydroxylation is 1. The highest BCUT2D eigenvalue weighted by atomic mass is 32.2. The minimum atomic E-state index is -3.83. The number of fused-ring (bicyclic) bond motifs is 2. The first-order valence-electron chi connectivity index (χ1n) is 11.1. The van der Waals surface area contributed by atoms with Crippen molar-refractivity contribution in [2.75, 3.05) is 0 Å². The van der Waals surface area contributed by atoms with Crippen molar-refractivity contribution in [3.05, 3.63) is 93.1 Å². The maximum absolute atomic E-state index is 13.4. The van der Waals surface area contributed by atoms with Crippen molar-refractivity contribution >= 4 is 31.6 Å². The minimum absolute atomic E-state index is 0.114. The Balaban J connectivity index is 1.47. The molecule has 8 heteroatoms. The molecule has 0 amide bonds. The monoisotopic (exact) mass is 494 g/mol. The number of hydrogen-bond donors (Lipinski definition) is 1. The van der Waals surface area contributed by atoms with Crippen LogP contribution in [0.1, 0.15) is 43.0 Å². The van der Waals surface area contributed by atoms with Crippen molar-refractivity contribution in [1.82, 2.24) is 9.29 Å². The van der Waals surface area contributed by atoms with Crippen LogP contribution in [0.25, 0.3) is 10.2 Å². The fraction of sp³-hybridized carbons (Fsp3) is 0.269. The Labute approximate surface area is 202 Å². The molecular weight excluding hydrogens is 468 g/mol. The standard InChI is InChI=1S/C26H26N2O4S2/c1-17-9-11-20-21(15-26(2,3)32-23(20)13-17)27-34(30,31)19-10-12-22-24(14-19)33-25(29)28(22)16-18-7-5-4-6-8-18/h4-14,21,27H,15-16H2,1-3H3/t21-/m1/s1. The normalized spacial score (nSPS) is 17.3. The van der Waals surface area contributed by atoms with Crippen LogP contribution in [0.3, 0.4) is 0 Å². The van der Waals surface area contributed by atoms with E-state index in [2.05, 4.69) is 4.72 Å². The zero-order chi connectivity index (χ0) is 24.1. The smallest absolute Gasteiger partial charge is 0.308 e. The third kappa shape index (κ3) is 4.41. The van der Waals surface area contributed by atoms with Gasteiger partial charge in [0.2, 0.25) is 10.0 Å². The molecule has 34 heavy (non-hydrogen) atoms.